The average Bonchev–Trinajstić information content (AvgIpc) is 2.65. The molecule has 2 nitrogen and oxygen atoms in total. The highest BCUT2D eigenvalue weighted by Gasteiger charge is 2.22. The minimum atomic E-state index is -1.12. The Morgan fingerprint density at radius 3 is 1.78 bits per heavy atom. The molecule has 2 aromatic carbocycles. The topological polar surface area (TPSA) is 37.3 Å². The minimum absolute atomic E-state index is 0.319. The van der Waals surface area contributed by atoms with Crippen LogP contribution in [0.4, 0.5) is 0 Å². The number of hydrogen-bond acceptors (Lipinski definition) is 2. The van der Waals surface area contributed by atoms with Crippen molar-refractivity contribution in [3.8, 4) is 0 Å². The summed E-state index contributed by atoms with van der Waals surface area (Å²) in [5.74, 6) is 1.55. The van der Waals surface area contributed by atoms with Crippen molar-refractivity contribution in [3.05, 3.63) is 64.7 Å². The second kappa shape index (κ2) is 9.66. The quantitative estimate of drug-likeness (QED) is 0.579. The van der Waals surface area contributed by atoms with Gasteiger partial charge in [-0.25, -0.2) is 0 Å². The summed E-state index contributed by atoms with van der Waals surface area (Å²) in [5.41, 5.74) is 4.58. The van der Waals surface area contributed by atoms with Crippen LogP contribution in [0, 0.1) is 0 Å². The average molecular weight is 387 g/mol. The van der Waals surface area contributed by atoms with Gasteiger partial charge in [-0.05, 0) is 46.4 Å². The largest absolute Gasteiger partial charge is 0.388 e. The minimum Gasteiger partial charge on any atom is -0.388 e. The number of aliphatic hydroxyl groups is 1. The molecule has 0 amide bonds. The van der Waals surface area contributed by atoms with Crippen LogP contribution in [0.25, 0.3) is 0 Å². The summed E-state index contributed by atoms with van der Waals surface area (Å²) < 4.78 is 13.3. The van der Waals surface area contributed by atoms with Crippen molar-refractivity contribution in [3.63, 3.8) is 0 Å². The molecule has 0 fully saturated rings. The van der Waals surface area contributed by atoms with Gasteiger partial charge in [0, 0.05) is 10.6 Å². The molecule has 2 aromatic rings. The third-order valence-electron chi connectivity index (χ3n) is 5.07. The lowest BCUT2D eigenvalue weighted by molar-refractivity contribution is 0.174. The van der Waals surface area contributed by atoms with Crippen LogP contribution in [0.5, 0.6) is 0 Å². The van der Waals surface area contributed by atoms with Crippen LogP contribution in [0.1, 0.15) is 94.1 Å². The molecule has 0 aromatic heterocycles. The van der Waals surface area contributed by atoms with Crippen molar-refractivity contribution in [1.82, 2.24) is 0 Å². The SMILES string of the molecule is CC(C)c1cc(C(C)C)c(S(=O)CC[C@H](O)c2ccccc2)c(C(C)C)c1. The van der Waals surface area contributed by atoms with Gasteiger partial charge in [0.1, 0.15) is 0 Å². The maximum absolute atomic E-state index is 13.3. The maximum Gasteiger partial charge on any atom is 0.0799 e. The molecule has 27 heavy (non-hydrogen) atoms. The summed E-state index contributed by atoms with van der Waals surface area (Å²) in [7, 11) is -1.12. The maximum atomic E-state index is 13.3. The first-order valence-electron chi connectivity index (χ1n) is 10.0. The molecule has 0 radical (unpaired) electrons. The van der Waals surface area contributed by atoms with E-state index < -0.39 is 16.9 Å². The zero-order chi connectivity index (χ0) is 20.1. The first kappa shape index (κ1) is 21.8. The van der Waals surface area contributed by atoms with Crippen LogP contribution in [0.15, 0.2) is 47.4 Å². The van der Waals surface area contributed by atoms with Crippen LogP contribution < -0.4 is 0 Å². The van der Waals surface area contributed by atoms with Crippen LogP contribution in [0.2, 0.25) is 0 Å². The van der Waals surface area contributed by atoms with Crippen LogP contribution in [0.3, 0.4) is 0 Å². The molecule has 0 aliphatic heterocycles. The highest BCUT2D eigenvalue weighted by molar-refractivity contribution is 7.85. The van der Waals surface area contributed by atoms with Gasteiger partial charge in [0.05, 0.1) is 16.9 Å². The van der Waals surface area contributed by atoms with E-state index in [9.17, 15) is 9.32 Å². The van der Waals surface area contributed by atoms with E-state index in [1.807, 2.05) is 30.3 Å². The summed E-state index contributed by atoms with van der Waals surface area (Å²) in [6, 6.07) is 14.1. The molecular formula is C24H34O2S. The van der Waals surface area contributed by atoms with Crippen molar-refractivity contribution in [2.75, 3.05) is 5.75 Å². The van der Waals surface area contributed by atoms with E-state index in [0.29, 0.717) is 29.9 Å². The monoisotopic (exact) mass is 386 g/mol. The third kappa shape index (κ3) is 5.52. The first-order valence-corrected chi connectivity index (χ1v) is 11.3. The lowest BCUT2D eigenvalue weighted by Gasteiger charge is -2.22. The molecule has 0 spiro atoms. The molecule has 1 unspecified atom stereocenters. The Bertz CT molecular complexity index is 734. The molecule has 3 heteroatoms. The fraction of sp³-hybridized carbons (Fsp3) is 0.500. The number of aliphatic hydroxyl groups excluding tert-OH is 1. The van der Waals surface area contributed by atoms with E-state index in [2.05, 4.69) is 53.7 Å². The summed E-state index contributed by atoms with van der Waals surface area (Å²) in [6.45, 7) is 13.1. The predicted molar refractivity (Wildman–Crippen MR) is 116 cm³/mol. The van der Waals surface area contributed by atoms with Crippen LogP contribution in [-0.4, -0.2) is 15.1 Å². The van der Waals surface area contributed by atoms with Gasteiger partial charge < -0.3 is 5.11 Å². The van der Waals surface area contributed by atoms with E-state index in [1.165, 1.54) is 16.7 Å². The third-order valence-corrected chi connectivity index (χ3v) is 6.60. The van der Waals surface area contributed by atoms with Crippen molar-refractivity contribution >= 4 is 10.8 Å². The smallest absolute Gasteiger partial charge is 0.0799 e. The van der Waals surface area contributed by atoms with Crippen molar-refractivity contribution in [1.29, 1.82) is 0 Å². The highest BCUT2D eigenvalue weighted by Crippen LogP contribution is 2.35. The van der Waals surface area contributed by atoms with Gasteiger partial charge in [0.2, 0.25) is 0 Å². The van der Waals surface area contributed by atoms with Crippen molar-refractivity contribution in [2.45, 2.75) is 76.7 Å². The number of benzene rings is 2. The normalized spacial score (nSPS) is 14.1. The Hall–Kier alpha value is -1.45. The van der Waals surface area contributed by atoms with E-state index >= 15 is 0 Å². The van der Waals surface area contributed by atoms with E-state index in [1.54, 1.807) is 0 Å². The van der Waals surface area contributed by atoms with Gasteiger partial charge >= 0.3 is 0 Å². The Balaban J connectivity index is 2.33. The Labute approximate surface area is 167 Å². The van der Waals surface area contributed by atoms with Crippen LogP contribution >= 0.6 is 0 Å². The molecule has 0 heterocycles. The molecule has 2 rings (SSSR count). The molecule has 148 valence electrons. The second-order valence-corrected chi connectivity index (χ2v) is 9.76. The number of hydrogen-bond donors (Lipinski definition) is 1. The molecule has 0 aliphatic carbocycles. The summed E-state index contributed by atoms with van der Waals surface area (Å²) >= 11 is 0. The van der Waals surface area contributed by atoms with Gasteiger partial charge in [-0.2, -0.15) is 0 Å². The highest BCUT2D eigenvalue weighted by atomic mass is 32.2. The van der Waals surface area contributed by atoms with Gasteiger partial charge in [-0.3, -0.25) is 4.21 Å². The zero-order valence-corrected chi connectivity index (χ0v) is 18.3. The molecule has 0 bridgehead atoms. The first-order chi connectivity index (χ1) is 12.7. The molecule has 0 aliphatic rings. The van der Waals surface area contributed by atoms with Crippen molar-refractivity contribution in [2.24, 2.45) is 0 Å². The van der Waals surface area contributed by atoms with E-state index in [-0.39, 0.29) is 0 Å². The van der Waals surface area contributed by atoms with Gasteiger partial charge in [0.25, 0.3) is 0 Å². The summed E-state index contributed by atoms with van der Waals surface area (Å²) in [4.78, 5) is 0.990. The molecular weight excluding hydrogens is 352 g/mol. The van der Waals surface area contributed by atoms with Crippen molar-refractivity contribution < 1.29 is 9.32 Å². The standard InChI is InChI=1S/C24H34O2S/c1-16(2)20-14-21(17(3)4)24(22(15-20)18(5)6)27(26)13-12-23(25)19-10-8-7-9-11-19/h7-11,14-18,23,25H,12-13H2,1-6H3/t23-,27?/m0/s1. The van der Waals surface area contributed by atoms with E-state index in [4.69, 9.17) is 0 Å². The fourth-order valence-corrected chi connectivity index (χ4v) is 5.07. The Morgan fingerprint density at radius 2 is 1.33 bits per heavy atom. The zero-order valence-electron chi connectivity index (χ0n) is 17.5. The van der Waals surface area contributed by atoms with E-state index in [0.717, 1.165) is 10.5 Å². The molecule has 0 saturated heterocycles. The Morgan fingerprint density at radius 1 is 0.815 bits per heavy atom. The second-order valence-electron chi connectivity index (χ2n) is 8.26. The molecule has 0 saturated carbocycles. The lowest BCUT2D eigenvalue weighted by atomic mass is 9.89. The Kier molecular flexibility index (Phi) is 7.81. The summed E-state index contributed by atoms with van der Waals surface area (Å²) in [6.07, 6.45) is -0.0763. The fourth-order valence-electron chi connectivity index (χ4n) is 3.32. The molecule has 2 atom stereocenters. The summed E-state index contributed by atoms with van der Waals surface area (Å²) in [5, 5.41) is 10.5. The number of rotatable bonds is 8. The van der Waals surface area contributed by atoms with Gasteiger partial charge in [-0.15, -0.1) is 0 Å². The predicted octanol–water partition coefficient (Wildman–Crippen LogP) is 6.29. The molecule has 1 N–H and O–H groups in total. The van der Waals surface area contributed by atoms with Crippen LogP contribution in [-0.2, 0) is 10.8 Å². The lowest BCUT2D eigenvalue weighted by Crippen LogP contribution is -2.12. The van der Waals surface area contributed by atoms with Gasteiger partial charge in [-0.1, -0.05) is 84.0 Å². The van der Waals surface area contributed by atoms with Gasteiger partial charge in [0.15, 0.2) is 0 Å².